The maximum Gasteiger partial charge on any atom is 0.243 e. The van der Waals surface area contributed by atoms with Gasteiger partial charge in [0.25, 0.3) is 0 Å². The van der Waals surface area contributed by atoms with Crippen LogP contribution < -0.4 is 10.6 Å². The quantitative estimate of drug-likeness (QED) is 0.801. The highest BCUT2D eigenvalue weighted by Crippen LogP contribution is 2.28. The Morgan fingerprint density at radius 2 is 1.82 bits per heavy atom. The highest BCUT2D eigenvalue weighted by Gasteiger charge is 2.32. The van der Waals surface area contributed by atoms with E-state index < -0.39 is 6.04 Å². The first-order chi connectivity index (χ1) is 13.4. The van der Waals surface area contributed by atoms with Gasteiger partial charge in [-0.2, -0.15) is 5.10 Å². The largest absolute Gasteiger partial charge is 0.348 e. The van der Waals surface area contributed by atoms with Crippen molar-refractivity contribution in [1.82, 2.24) is 20.4 Å². The number of hydrogen-bond donors (Lipinski definition) is 2. The monoisotopic (exact) mass is 386 g/mol. The lowest BCUT2D eigenvalue weighted by Gasteiger charge is -2.25. The molecule has 0 spiro atoms. The molecule has 2 aromatic rings. The van der Waals surface area contributed by atoms with E-state index in [1.807, 2.05) is 13.8 Å². The van der Waals surface area contributed by atoms with Crippen molar-refractivity contribution in [1.29, 1.82) is 0 Å². The molecule has 28 heavy (non-hydrogen) atoms. The lowest BCUT2D eigenvalue weighted by atomic mass is 9.96. The van der Waals surface area contributed by atoms with E-state index >= 15 is 0 Å². The van der Waals surface area contributed by atoms with Crippen molar-refractivity contribution in [3.05, 3.63) is 47.5 Å². The van der Waals surface area contributed by atoms with Crippen LogP contribution in [0.2, 0.25) is 0 Å². The van der Waals surface area contributed by atoms with Crippen molar-refractivity contribution in [3.8, 4) is 5.69 Å². The van der Waals surface area contributed by atoms with Gasteiger partial charge in [0.2, 0.25) is 11.8 Å². The number of aromatic nitrogens is 2. The molecular weight excluding hydrogens is 359 g/mol. The van der Waals surface area contributed by atoms with Crippen molar-refractivity contribution in [2.24, 2.45) is 5.92 Å². The fourth-order valence-corrected chi connectivity index (χ4v) is 3.98. The smallest absolute Gasteiger partial charge is 0.243 e. The minimum Gasteiger partial charge on any atom is -0.348 e. The van der Waals surface area contributed by atoms with Crippen molar-refractivity contribution >= 4 is 11.8 Å². The van der Waals surface area contributed by atoms with Crippen LogP contribution in [0.15, 0.2) is 30.5 Å². The highest BCUT2D eigenvalue weighted by molar-refractivity contribution is 5.87. The SMILES string of the molecule is CC(=O)NC(C(=O)NC(C)c1cnn(-c2ccc(F)cc2)c1C)C1CCCC1. The zero-order chi connectivity index (χ0) is 20.3. The third-order valence-electron chi connectivity index (χ3n) is 5.46. The minimum absolute atomic E-state index is 0.163. The molecule has 1 aliphatic carbocycles. The van der Waals surface area contributed by atoms with Gasteiger partial charge < -0.3 is 10.6 Å². The van der Waals surface area contributed by atoms with E-state index in [2.05, 4.69) is 15.7 Å². The van der Waals surface area contributed by atoms with Crippen molar-refractivity contribution in [3.63, 3.8) is 0 Å². The highest BCUT2D eigenvalue weighted by atomic mass is 19.1. The number of benzene rings is 1. The molecule has 3 rings (SSSR count). The van der Waals surface area contributed by atoms with Gasteiger partial charge in [-0.05, 0) is 56.9 Å². The molecule has 0 aliphatic heterocycles. The van der Waals surface area contributed by atoms with Gasteiger partial charge in [0, 0.05) is 18.2 Å². The molecule has 1 heterocycles. The molecule has 0 radical (unpaired) electrons. The average molecular weight is 386 g/mol. The summed E-state index contributed by atoms with van der Waals surface area (Å²) in [4.78, 5) is 24.5. The van der Waals surface area contributed by atoms with Crippen LogP contribution in [0.3, 0.4) is 0 Å². The van der Waals surface area contributed by atoms with E-state index in [0.717, 1.165) is 42.6 Å². The van der Waals surface area contributed by atoms with E-state index in [-0.39, 0.29) is 29.6 Å². The zero-order valence-electron chi connectivity index (χ0n) is 16.5. The maximum absolute atomic E-state index is 13.2. The summed E-state index contributed by atoms with van der Waals surface area (Å²) in [6.07, 6.45) is 5.80. The van der Waals surface area contributed by atoms with Gasteiger partial charge in [-0.1, -0.05) is 12.8 Å². The number of carbonyl (C=O) groups excluding carboxylic acids is 2. The van der Waals surface area contributed by atoms with Crippen molar-refractivity contribution < 1.29 is 14.0 Å². The van der Waals surface area contributed by atoms with Gasteiger partial charge in [-0.15, -0.1) is 0 Å². The topological polar surface area (TPSA) is 76.0 Å². The van der Waals surface area contributed by atoms with Gasteiger partial charge in [-0.25, -0.2) is 9.07 Å². The molecule has 2 atom stereocenters. The molecule has 1 saturated carbocycles. The van der Waals surface area contributed by atoms with Gasteiger partial charge in [-0.3, -0.25) is 9.59 Å². The van der Waals surface area contributed by atoms with E-state index in [9.17, 15) is 14.0 Å². The summed E-state index contributed by atoms with van der Waals surface area (Å²) >= 11 is 0. The number of nitrogens with zero attached hydrogens (tertiary/aromatic N) is 2. The minimum atomic E-state index is -0.505. The van der Waals surface area contributed by atoms with Crippen LogP contribution in [0.25, 0.3) is 5.69 Å². The normalized spacial score (nSPS) is 16.6. The Kier molecular flexibility index (Phi) is 6.11. The van der Waals surface area contributed by atoms with E-state index in [4.69, 9.17) is 0 Å². The summed E-state index contributed by atoms with van der Waals surface area (Å²) in [5.41, 5.74) is 2.51. The zero-order valence-corrected chi connectivity index (χ0v) is 16.5. The van der Waals surface area contributed by atoms with Crippen LogP contribution in [-0.2, 0) is 9.59 Å². The lowest BCUT2D eigenvalue weighted by Crippen LogP contribution is -2.50. The first-order valence-corrected chi connectivity index (χ1v) is 9.74. The van der Waals surface area contributed by atoms with Crippen LogP contribution in [-0.4, -0.2) is 27.6 Å². The third-order valence-corrected chi connectivity index (χ3v) is 5.46. The number of rotatable bonds is 6. The van der Waals surface area contributed by atoms with Crippen LogP contribution in [0, 0.1) is 18.7 Å². The molecule has 1 fully saturated rings. The number of hydrogen-bond acceptors (Lipinski definition) is 3. The Labute approximate surface area is 164 Å². The van der Waals surface area contributed by atoms with Crippen LogP contribution in [0.4, 0.5) is 4.39 Å². The fraction of sp³-hybridized carbons (Fsp3) is 0.476. The van der Waals surface area contributed by atoms with E-state index in [1.54, 1.807) is 23.0 Å². The molecule has 1 aromatic heterocycles. The molecule has 2 unspecified atom stereocenters. The Morgan fingerprint density at radius 3 is 2.43 bits per heavy atom. The molecule has 150 valence electrons. The Hall–Kier alpha value is -2.70. The van der Waals surface area contributed by atoms with Crippen molar-refractivity contribution in [2.45, 2.75) is 58.5 Å². The van der Waals surface area contributed by atoms with Crippen molar-refractivity contribution in [2.75, 3.05) is 0 Å². The van der Waals surface area contributed by atoms with Crippen LogP contribution in [0.5, 0.6) is 0 Å². The number of amides is 2. The first kappa shape index (κ1) is 20.0. The Morgan fingerprint density at radius 1 is 1.18 bits per heavy atom. The molecular formula is C21H27FN4O2. The third kappa shape index (κ3) is 4.40. The van der Waals surface area contributed by atoms with Gasteiger partial charge in [0.1, 0.15) is 11.9 Å². The van der Waals surface area contributed by atoms with E-state index in [1.165, 1.54) is 19.1 Å². The van der Waals surface area contributed by atoms with E-state index in [0.29, 0.717) is 0 Å². The summed E-state index contributed by atoms with van der Waals surface area (Å²) < 4.78 is 14.9. The predicted octanol–water partition coefficient (Wildman–Crippen LogP) is 3.19. The van der Waals surface area contributed by atoms with Gasteiger partial charge in [0.05, 0.1) is 17.9 Å². The molecule has 2 amide bonds. The van der Waals surface area contributed by atoms with Crippen LogP contribution >= 0.6 is 0 Å². The molecule has 0 bridgehead atoms. The fourth-order valence-electron chi connectivity index (χ4n) is 3.98. The Balaban J connectivity index is 1.74. The Bertz CT molecular complexity index is 841. The second-order valence-corrected chi connectivity index (χ2v) is 7.53. The number of nitrogens with one attached hydrogen (secondary N) is 2. The molecule has 6 nitrogen and oxygen atoms in total. The second kappa shape index (κ2) is 8.54. The standard InChI is InChI=1S/C21H27FN4O2/c1-13(24-21(28)20(25-15(3)27)16-6-4-5-7-16)19-12-23-26(14(19)2)18-10-8-17(22)9-11-18/h8-13,16,20H,4-7H2,1-3H3,(H,24,28)(H,25,27). The summed E-state index contributed by atoms with van der Waals surface area (Å²) in [6.45, 7) is 5.25. The summed E-state index contributed by atoms with van der Waals surface area (Å²) in [6, 6.07) is 5.33. The first-order valence-electron chi connectivity index (χ1n) is 9.74. The molecule has 0 saturated heterocycles. The van der Waals surface area contributed by atoms with Gasteiger partial charge >= 0.3 is 0 Å². The van der Waals surface area contributed by atoms with Crippen LogP contribution in [0.1, 0.15) is 56.8 Å². The molecule has 2 N–H and O–H groups in total. The number of carbonyl (C=O) groups is 2. The summed E-state index contributed by atoms with van der Waals surface area (Å²) in [7, 11) is 0. The molecule has 1 aromatic carbocycles. The summed E-state index contributed by atoms with van der Waals surface area (Å²) in [5.74, 6) is -0.479. The maximum atomic E-state index is 13.2. The lowest BCUT2D eigenvalue weighted by molar-refractivity contribution is -0.129. The molecule has 1 aliphatic rings. The molecule has 7 heteroatoms. The second-order valence-electron chi connectivity index (χ2n) is 7.53. The van der Waals surface area contributed by atoms with Gasteiger partial charge in [0.15, 0.2) is 0 Å². The predicted molar refractivity (Wildman–Crippen MR) is 104 cm³/mol. The number of halogens is 1. The average Bonchev–Trinajstić information content (AvgIpc) is 3.30. The summed E-state index contributed by atoms with van der Waals surface area (Å²) in [5, 5.41) is 10.2.